The van der Waals surface area contributed by atoms with Gasteiger partial charge in [-0.3, -0.25) is 0 Å². The van der Waals surface area contributed by atoms with E-state index in [0.29, 0.717) is 6.54 Å². The van der Waals surface area contributed by atoms with E-state index in [9.17, 15) is 0 Å². The predicted octanol–water partition coefficient (Wildman–Crippen LogP) is 5.29. The molecule has 0 spiro atoms. The second-order valence-electron chi connectivity index (χ2n) is 5.12. The summed E-state index contributed by atoms with van der Waals surface area (Å²) in [5, 5.41) is 3.32. The van der Waals surface area contributed by atoms with Crippen LogP contribution in [0.3, 0.4) is 0 Å². The van der Waals surface area contributed by atoms with Gasteiger partial charge in [-0.1, -0.05) is 36.4 Å². The lowest BCUT2D eigenvalue weighted by Crippen LogP contribution is -1.90. The smallest absolute Gasteiger partial charge is 0.126 e. The molecule has 1 aromatic carbocycles. The first-order chi connectivity index (χ1) is 10.2. The number of rotatable bonds is 5. The molecule has 108 valence electrons. The standard InChI is InChI=1S/C18H20N2O/c1-14(12-20-19)13-21-18-9-7-16(8-10-18)11-17-6-4-3-5-15(17)2/h3-5,7-11,13,19H,6,12H2,1-2H3. The van der Waals surface area contributed by atoms with Crippen LogP contribution in [0.1, 0.15) is 25.8 Å². The summed E-state index contributed by atoms with van der Waals surface area (Å²) >= 11 is 0. The van der Waals surface area contributed by atoms with Crippen LogP contribution in [0.15, 0.2) is 70.6 Å². The lowest BCUT2D eigenvalue weighted by atomic mass is 9.97. The molecular formula is C18H20N2O. The molecule has 0 saturated heterocycles. The minimum Gasteiger partial charge on any atom is -0.465 e. The van der Waals surface area contributed by atoms with Crippen molar-refractivity contribution in [1.29, 1.82) is 5.53 Å². The van der Waals surface area contributed by atoms with E-state index < -0.39 is 0 Å². The Morgan fingerprint density at radius 2 is 2.10 bits per heavy atom. The summed E-state index contributed by atoms with van der Waals surface area (Å²) in [6.45, 7) is 4.41. The van der Waals surface area contributed by atoms with Crippen molar-refractivity contribution in [2.75, 3.05) is 6.54 Å². The number of hydrogen-bond donors (Lipinski definition) is 1. The SMILES string of the molecule is CC(=COc1ccc(C=C2CC=CC=C2C)cc1)CN=N. The van der Waals surface area contributed by atoms with Crippen LogP contribution in [-0.2, 0) is 0 Å². The number of benzene rings is 1. The van der Waals surface area contributed by atoms with Gasteiger partial charge < -0.3 is 4.74 Å². The fraction of sp³-hybridized carbons (Fsp3) is 0.222. The second-order valence-corrected chi connectivity index (χ2v) is 5.12. The topological polar surface area (TPSA) is 45.4 Å². The van der Waals surface area contributed by atoms with Crippen LogP contribution >= 0.6 is 0 Å². The van der Waals surface area contributed by atoms with E-state index in [-0.39, 0.29) is 0 Å². The van der Waals surface area contributed by atoms with Gasteiger partial charge in [0.25, 0.3) is 0 Å². The first-order valence-corrected chi connectivity index (χ1v) is 6.99. The van der Waals surface area contributed by atoms with E-state index in [4.69, 9.17) is 10.3 Å². The molecular weight excluding hydrogens is 260 g/mol. The highest BCUT2D eigenvalue weighted by molar-refractivity contribution is 5.60. The molecule has 21 heavy (non-hydrogen) atoms. The molecule has 0 amide bonds. The summed E-state index contributed by atoms with van der Waals surface area (Å²) in [5.41, 5.74) is 11.5. The van der Waals surface area contributed by atoms with Gasteiger partial charge in [0, 0.05) is 0 Å². The average molecular weight is 280 g/mol. The third-order valence-corrected chi connectivity index (χ3v) is 3.27. The lowest BCUT2D eigenvalue weighted by Gasteiger charge is -2.09. The molecule has 1 aliphatic carbocycles. The molecule has 0 atom stereocenters. The Balaban J connectivity index is 2.04. The van der Waals surface area contributed by atoms with Gasteiger partial charge in [-0.25, -0.2) is 5.53 Å². The van der Waals surface area contributed by atoms with Crippen LogP contribution in [0.5, 0.6) is 5.75 Å². The first kappa shape index (κ1) is 15.0. The molecule has 0 heterocycles. The summed E-state index contributed by atoms with van der Waals surface area (Å²) < 4.78 is 5.54. The Morgan fingerprint density at radius 3 is 2.76 bits per heavy atom. The molecule has 0 unspecified atom stereocenters. The Hall–Kier alpha value is -2.42. The van der Waals surface area contributed by atoms with Gasteiger partial charge in [-0.05, 0) is 54.7 Å². The number of nitrogens with zero attached hydrogens (tertiary/aromatic N) is 1. The highest BCUT2D eigenvalue weighted by Crippen LogP contribution is 2.23. The third kappa shape index (κ3) is 4.56. The van der Waals surface area contributed by atoms with E-state index in [1.807, 2.05) is 31.2 Å². The van der Waals surface area contributed by atoms with Crippen LogP contribution in [0.25, 0.3) is 6.08 Å². The van der Waals surface area contributed by atoms with Crippen molar-refractivity contribution in [3.8, 4) is 5.75 Å². The Bertz CT molecular complexity index is 619. The first-order valence-electron chi connectivity index (χ1n) is 6.99. The molecule has 2 rings (SSSR count). The minimum atomic E-state index is 0.378. The maximum atomic E-state index is 6.80. The third-order valence-electron chi connectivity index (χ3n) is 3.27. The van der Waals surface area contributed by atoms with E-state index in [1.165, 1.54) is 16.7 Å². The molecule has 0 aromatic heterocycles. The maximum Gasteiger partial charge on any atom is 0.126 e. The van der Waals surface area contributed by atoms with Crippen LogP contribution in [0, 0.1) is 5.53 Å². The molecule has 3 heteroatoms. The van der Waals surface area contributed by atoms with Gasteiger partial charge in [-0.2, -0.15) is 5.11 Å². The zero-order valence-corrected chi connectivity index (χ0v) is 12.5. The van der Waals surface area contributed by atoms with Crippen LogP contribution in [0.2, 0.25) is 0 Å². The van der Waals surface area contributed by atoms with Crippen molar-refractivity contribution in [2.45, 2.75) is 20.3 Å². The molecule has 0 aliphatic heterocycles. The summed E-state index contributed by atoms with van der Waals surface area (Å²) in [7, 11) is 0. The Kier molecular flexibility index (Phi) is 5.27. The minimum absolute atomic E-state index is 0.378. The fourth-order valence-electron chi connectivity index (χ4n) is 2.02. The molecule has 0 radical (unpaired) electrons. The largest absolute Gasteiger partial charge is 0.465 e. The monoisotopic (exact) mass is 280 g/mol. The molecule has 0 bridgehead atoms. The van der Waals surface area contributed by atoms with Gasteiger partial charge in [0.05, 0.1) is 12.8 Å². The normalized spacial score (nSPS) is 16.8. The summed E-state index contributed by atoms with van der Waals surface area (Å²) in [6, 6.07) is 8.00. The highest BCUT2D eigenvalue weighted by atomic mass is 16.5. The molecule has 1 aromatic rings. The van der Waals surface area contributed by atoms with Crippen molar-refractivity contribution in [3.05, 3.63) is 71.0 Å². The fourth-order valence-corrected chi connectivity index (χ4v) is 2.02. The highest BCUT2D eigenvalue weighted by Gasteiger charge is 2.02. The maximum absolute atomic E-state index is 6.80. The number of nitrogens with one attached hydrogen (secondary N) is 1. The van der Waals surface area contributed by atoms with E-state index in [1.54, 1.807) is 6.26 Å². The predicted molar refractivity (Wildman–Crippen MR) is 86.3 cm³/mol. The van der Waals surface area contributed by atoms with E-state index in [2.05, 4.69) is 36.3 Å². The zero-order valence-electron chi connectivity index (χ0n) is 12.5. The van der Waals surface area contributed by atoms with Crippen molar-refractivity contribution >= 4 is 6.08 Å². The van der Waals surface area contributed by atoms with E-state index in [0.717, 1.165) is 17.7 Å². The quantitative estimate of drug-likeness (QED) is 0.578. The molecule has 0 fully saturated rings. The Morgan fingerprint density at radius 1 is 1.33 bits per heavy atom. The van der Waals surface area contributed by atoms with Gasteiger partial charge >= 0.3 is 0 Å². The zero-order chi connectivity index (χ0) is 15.1. The van der Waals surface area contributed by atoms with Gasteiger partial charge in [-0.15, -0.1) is 0 Å². The van der Waals surface area contributed by atoms with Crippen molar-refractivity contribution in [1.82, 2.24) is 0 Å². The number of ether oxygens (including phenoxy) is 1. The van der Waals surface area contributed by atoms with Gasteiger partial charge in [0.2, 0.25) is 0 Å². The van der Waals surface area contributed by atoms with Crippen LogP contribution in [0.4, 0.5) is 0 Å². The number of hydrogen-bond acceptors (Lipinski definition) is 3. The van der Waals surface area contributed by atoms with E-state index >= 15 is 0 Å². The molecule has 1 aliphatic rings. The van der Waals surface area contributed by atoms with Gasteiger partial charge in [0.1, 0.15) is 5.75 Å². The molecule has 1 N–H and O–H groups in total. The summed E-state index contributed by atoms with van der Waals surface area (Å²) in [6.07, 6.45) is 11.2. The average Bonchev–Trinajstić information content (AvgIpc) is 2.49. The second kappa shape index (κ2) is 7.39. The van der Waals surface area contributed by atoms with Crippen molar-refractivity contribution in [2.24, 2.45) is 5.11 Å². The lowest BCUT2D eigenvalue weighted by molar-refractivity contribution is 0.474. The molecule has 0 saturated carbocycles. The van der Waals surface area contributed by atoms with Crippen LogP contribution in [-0.4, -0.2) is 6.54 Å². The van der Waals surface area contributed by atoms with Gasteiger partial charge in [0.15, 0.2) is 0 Å². The van der Waals surface area contributed by atoms with Crippen LogP contribution < -0.4 is 4.74 Å². The molecule has 3 nitrogen and oxygen atoms in total. The summed E-state index contributed by atoms with van der Waals surface area (Å²) in [4.78, 5) is 0. The number of allylic oxidation sites excluding steroid dienone is 5. The Labute approximate surface area is 125 Å². The van der Waals surface area contributed by atoms with Crippen molar-refractivity contribution in [3.63, 3.8) is 0 Å². The van der Waals surface area contributed by atoms with Crippen molar-refractivity contribution < 1.29 is 4.74 Å². The summed E-state index contributed by atoms with van der Waals surface area (Å²) in [5.74, 6) is 0.789.